The Morgan fingerprint density at radius 3 is 2.62 bits per heavy atom. The van der Waals surface area contributed by atoms with E-state index in [2.05, 4.69) is 13.4 Å². The van der Waals surface area contributed by atoms with E-state index in [9.17, 15) is 9.59 Å². The molecule has 0 saturated heterocycles. The largest absolute Gasteiger partial charge is 0.444 e. The monoisotopic (exact) mass is 476 g/mol. The van der Waals surface area contributed by atoms with Crippen LogP contribution in [0.25, 0.3) is 0 Å². The van der Waals surface area contributed by atoms with Gasteiger partial charge in [-0.1, -0.05) is 52.1 Å². The van der Waals surface area contributed by atoms with Crippen molar-refractivity contribution in [3.05, 3.63) is 21.8 Å². The topological polar surface area (TPSA) is 90.7 Å². The maximum Gasteiger partial charge on any atom is 0.407 e. The molecule has 1 saturated carbocycles. The van der Waals surface area contributed by atoms with Crippen LogP contribution in [0.4, 0.5) is 4.79 Å². The maximum atomic E-state index is 12.2. The second-order valence-corrected chi connectivity index (χ2v) is 9.78. The Morgan fingerprint density at radius 2 is 2.12 bits per heavy atom. The van der Waals surface area contributed by atoms with Gasteiger partial charge in [0.25, 0.3) is 0 Å². The van der Waals surface area contributed by atoms with Crippen molar-refractivity contribution in [3.63, 3.8) is 0 Å². The van der Waals surface area contributed by atoms with Crippen molar-refractivity contribution in [3.8, 4) is 0 Å². The average Bonchev–Trinajstić information content (AvgIpc) is 2.49. The quantitative estimate of drug-likeness (QED) is 0.527. The number of carbonyl (C=O) groups excluding carboxylic acids is 2. The number of alkyl carbamates (subject to hydrolysis) is 1. The number of nitrogens with two attached hydrogens (primary N) is 1. The van der Waals surface area contributed by atoms with Crippen LogP contribution in [0.1, 0.15) is 46.5 Å². The number of carbonyl (C=O) groups is 2. The third-order valence-corrected chi connectivity index (χ3v) is 6.24. The lowest BCUT2D eigenvalue weighted by molar-refractivity contribution is -0.131. The first kappa shape index (κ1) is 21.1. The lowest BCUT2D eigenvalue weighted by Crippen LogP contribution is -2.52. The molecule has 1 aliphatic heterocycles. The van der Waals surface area contributed by atoms with Gasteiger partial charge in [0.05, 0.1) is 12.6 Å². The molecule has 0 bridgehead atoms. The van der Waals surface area contributed by atoms with Gasteiger partial charge in [-0.05, 0) is 46.8 Å². The van der Waals surface area contributed by atoms with Crippen LogP contribution in [0.3, 0.4) is 0 Å². The number of ether oxygens (including phenoxy) is 2. The fourth-order valence-electron chi connectivity index (χ4n) is 2.82. The smallest absolute Gasteiger partial charge is 0.407 e. The van der Waals surface area contributed by atoms with Crippen molar-refractivity contribution < 1.29 is 19.1 Å². The highest BCUT2D eigenvalue weighted by Crippen LogP contribution is 2.31. The Labute approximate surface area is 165 Å². The predicted molar refractivity (Wildman–Crippen MR) is 111 cm³/mol. The summed E-state index contributed by atoms with van der Waals surface area (Å²) in [5.74, 6) is -0.0818. The van der Waals surface area contributed by atoms with Gasteiger partial charge in [-0.2, -0.15) is 0 Å². The third kappa shape index (κ3) is 7.19. The molecular formula is C19H29IN2O4. The fourth-order valence-corrected chi connectivity index (χ4v) is 4.33. The van der Waals surface area contributed by atoms with Gasteiger partial charge in [-0.15, -0.1) is 0 Å². The molecule has 26 heavy (non-hydrogen) atoms. The molecule has 7 heteroatoms. The summed E-state index contributed by atoms with van der Waals surface area (Å²) in [6.45, 7) is 5.72. The molecule has 0 aromatic carbocycles. The predicted octanol–water partition coefficient (Wildman–Crippen LogP) is 3.17. The van der Waals surface area contributed by atoms with Crippen LogP contribution in [-0.4, -0.2) is 40.4 Å². The molecule has 2 unspecified atom stereocenters. The van der Waals surface area contributed by atoms with E-state index < -0.39 is 29.7 Å². The molecule has 0 radical (unpaired) electrons. The van der Waals surface area contributed by atoms with Gasteiger partial charge >= 0.3 is 6.09 Å². The van der Waals surface area contributed by atoms with Crippen molar-refractivity contribution in [2.45, 2.75) is 64.2 Å². The van der Waals surface area contributed by atoms with E-state index >= 15 is 0 Å². The van der Waals surface area contributed by atoms with E-state index in [1.165, 1.54) is 6.42 Å². The van der Waals surface area contributed by atoms with E-state index in [1.807, 2.05) is 12.2 Å². The van der Waals surface area contributed by atoms with Gasteiger partial charge < -0.3 is 20.5 Å². The van der Waals surface area contributed by atoms with E-state index in [0.717, 1.165) is 18.4 Å². The van der Waals surface area contributed by atoms with Crippen molar-refractivity contribution in [2.75, 3.05) is 6.61 Å². The number of rotatable bonds is 8. The molecule has 1 fully saturated rings. The van der Waals surface area contributed by atoms with Crippen LogP contribution in [0.5, 0.6) is 0 Å². The molecule has 1 heterocycles. The van der Waals surface area contributed by atoms with Crippen LogP contribution in [-0.2, 0) is 14.3 Å². The van der Waals surface area contributed by atoms with Crippen LogP contribution in [0.2, 0.25) is 0 Å². The zero-order valence-corrected chi connectivity index (χ0v) is 17.8. The first-order valence-corrected chi connectivity index (χ1v) is 11.4. The molecule has 2 rings (SSSR count). The van der Waals surface area contributed by atoms with Gasteiger partial charge in [0, 0.05) is 0 Å². The molecule has 146 valence electrons. The summed E-state index contributed by atoms with van der Waals surface area (Å²) < 4.78 is 15.5. The van der Waals surface area contributed by atoms with Crippen molar-refractivity contribution in [2.24, 2.45) is 11.7 Å². The van der Waals surface area contributed by atoms with Gasteiger partial charge in [-0.3, -0.25) is 4.79 Å². The molecule has 6 nitrogen and oxygen atoms in total. The molecule has 3 N–H and O–H groups in total. The third-order valence-electron chi connectivity index (χ3n) is 4.25. The van der Waals surface area contributed by atoms with Crippen LogP contribution >= 0.6 is 20.7 Å². The average molecular weight is 476 g/mol. The van der Waals surface area contributed by atoms with Crippen molar-refractivity contribution >= 4 is 36.7 Å². The minimum absolute atomic E-state index is 0.0876. The number of amides is 2. The van der Waals surface area contributed by atoms with Gasteiger partial charge in [0.1, 0.15) is 5.60 Å². The van der Waals surface area contributed by atoms with E-state index in [0.29, 0.717) is 18.9 Å². The standard InChI is InChI=1S/C19H29IN2O4/c1-19(2,3)26-18(24)22-15(10-13-6-4-7-13)16(17(21)23)25-12-14-8-5-9-20-11-14/h5,8-9,11,13,15-16H,4,6-7,10,12H2,1-3H3,(H2,21,23)(H,22,24). The second-order valence-electron chi connectivity index (χ2n) is 7.71. The Bertz CT molecular complexity index is 603. The summed E-state index contributed by atoms with van der Waals surface area (Å²) in [6.07, 6.45) is 6.62. The highest BCUT2D eigenvalue weighted by atomic mass is 127. The summed E-state index contributed by atoms with van der Waals surface area (Å²) in [5.41, 5.74) is 6.04. The molecule has 0 aromatic heterocycles. The van der Waals surface area contributed by atoms with E-state index in [1.54, 1.807) is 20.8 Å². The SMILES string of the molecule is CC(C)(C)OC(=O)NC(CC1CCC1)C(OCC1=CI=CC=C1)C(N)=O. The summed E-state index contributed by atoms with van der Waals surface area (Å²) in [5, 5.41) is 2.82. The number of hydrogen-bond donors (Lipinski definition) is 2. The minimum atomic E-state index is -0.874. The zero-order valence-electron chi connectivity index (χ0n) is 15.7. The van der Waals surface area contributed by atoms with Crippen molar-refractivity contribution in [1.29, 1.82) is 0 Å². The molecule has 0 spiro atoms. The van der Waals surface area contributed by atoms with Crippen LogP contribution < -0.4 is 11.1 Å². The Hall–Kier alpha value is -1.22. The number of primary amides is 1. The zero-order chi connectivity index (χ0) is 19.2. The number of halogens is 1. The second kappa shape index (κ2) is 9.64. The maximum absolute atomic E-state index is 12.2. The molecule has 1 aliphatic carbocycles. The lowest BCUT2D eigenvalue weighted by Gasteiger charge is -2.33. The number of hydrogen-bond acceptors (Lipinski definition) is 4. The molecule has 2 aliphatic rings. The van der Waals surface area contributed by atoms with Gasteiger partial charge in [0.2, 0.25) is 5.91 Å². The number of allylic oxidation sites excluding steroid dienone is 1. The summed E-state index contributed by atoms with van der Waals surface area (Å²) in [4.78, 5) is 24.3. The Balaban J connectivity index is 2.03. The van der Waals surface area contributed by atoms with Gasteiger partial charge in [-0.25, -0.2) is 4.79 Å². The fraction of sp³-hybridized carbons (Fsp3) is 0.632. The normalized spacial score (nSPS) is 19.6. The Kier molecular flexibility index (Phi) is 7.82. The molecule has 2 amide bonds. The summed E-state index contributed by atoms with van der Waals surface area (Å²) >= 11 is -0.0876. The molecule has 0 aromatic rings. The highest BCUT2D eigenvalue weighted by molar-refractivity contribution is 14.2. The summed E-state index contributed by atoms with van der Waals surface area (Å²) in [7, 11) is 0. The first-order chi connectivity index (χ1) is 12.2. The molecule has 2 atom stereocenters. The van der Waals surface area contributed by atoms with E-state index in [-0.39, 0.29) is 20.7 Å². The minimum Gasteiger partial charge on any atom is -0.444 e. The molecular weight excluding hydrogens is 447 g/mol. The van der Waals surface area contributed by atoms with Crippen LogP contribution in [0, 0.1) is 5.92 Å². The number of nitrogens with one attached hydrogen (secondary N) is 1. The first-order valence-electron chi connectivity index (χ1n) is 8.96. The highest BCUT2D eigenvalue weighted by Gasteiger charge is 2.34. The summed E-state index contributed by atoms with van der Waals surface area (Å²) in [6, 6.07) is -0.484. The van der Waals surface area contributed by atoms with Gasteiger partial charge in [0.15, 0.2) is 6.10 Å². The lowest BCUT2D eigenvalue weighted by atomic mass is 9.80. The Morgan fingerprint density at radius 1 is 1.38 bits per heavy atom. The van der Waals surface area contributed by atoms with E-state index in [4.69, 9.17) is 15.2 Å². The van der Waals surface area contributed by atoms with Crippen molar-refractivity contribution in [1.82, 2.24) is 5.32 Å². The van der Waals surface area contributed by atoms with Crippen LogP contribution in [0.15, 0.2) is 21.8 Å².